The number of carbonyl (C=O) groups excluding carboxylic acids is 3. The Balaban J connectivity index is 1.42. The largest absolute Gasteiger partial charge is 0.496 e. The molecule has 0 unspecified atom stereocenters. The molecule has 2 heterocycles. The Morgan fingerprint density at radius 2 is 1.90 bits per heavy atom. The van der Waals surface area contributed by atoms with Crippen LogP contribution in [0.15, 0.2) is 58.8 Å². The van der Waals surface area contributed by atoms with E-state index in [1.54, 1.807) is 12.1 Å². The number of hydrogen-bond acceptors (Lipinski definition) is 6. The molecule has 30 heavy (non-hydrogen) atoms. The first kappa shape index (κ1) is 20.2. The fraction of sp³-hybridized carbons (Fsp3) is 0.136. The molecule has 1 fully saturated rings. The molecule has 0 saturated carbocycles. The fourth-order valence-corrected chi connectivity index (χ4v) is 4.73. The monoisotopic (exact) mass is 438 g/mol. The van der Waals surface area contributed by atoms with E-state index in [0.29, 0.717) is 16.2 Å². The third kappa shape index (κ3) is 4.10. The van der Waals surface area contributed by atoms with Crippen LogP contribution in [0.5, 0.6) is 5.75 Å². The van der Waals surface area contributed by atoms with Gasteiger partial charge in [0.15, 0.2) is 0 Å². The van der Waals surface area contributed by atoms with Gasteiger partial charge < -0.3 is 10.1 Å². The SMILES string of the molecule is COc1cc2ccccc2cc1C(=O)NCCN1C(=O)S/C(=C\c2cccs2)C1=O. The molecule has 1 aliphatic rings. The normalized spacial score (nSPS) is 15.2. The molecule has 3 amide bonds. The Morgan fingerprint density at radius 1 is 1.13 bits per heavy atom. The average molecular weight is 439 g/mol. The maximum atomic E-state index is 12.7. The number of carbonyl (C=O) groups is 3. The minimum absolute atomic E-state index is 0.105. The second-order valence-corrected chi connectivity index (χ2v) is 8.48. The van der Waals surface area contributed by atoms with Gasteiger partial charge in [0.2, 0.25) is 0 Å². The number of amides is 3. The number of fused-ring (bicyclic) bond motifs is 1. The standard InChI is InChI=1S/C22H18N2O4S2/c1-28-18-12-15-6-3-2-5-14(15)11-17(18)20(25)23-8-9-24-21(26)19(30-22(24)27)13-16-7-4-10-29-16/h2-7,10-13H,8-9H2,1H3,(H,23,25)/b19-13-. The summed E-state index contributed by atoms with van der Waals surface area (Å²) >= 11 is 2.41. The summed E-state index contributed by atoms with van der Waals surface area (Å²) in [5.41, 5.74) is 0.405. The lowest BCUT2D eigenvalue weighted by atomic mass is 10.1. The van der Waals surface area contributed by atoms with E-state index in [9.17, 15) is 14.4 Å². The van der Waals surface area contributed by atoms with Gasteiger partial charge in [-0.3, -0.25) is 19.3 Å². The number of rotatable bonds is 6. The van der Waals surface area contributed by atoms with E-state index >= 15 is 0 Å². The number of benzene rings is 2. The van der Waals surface area contributed by atoms with Gasteiger partial charge in [0, 0.05) is 18.0 Å². The van der Waals surface area contributed by atoms with Crippen molar-refractivity contribution in [3.05, 3.63) is 69.3 Å². The summed E-state index contributed by atoms with van der Waals surface area (Å²) < 4.78 is 5.36. The molecule has 1 aromatic heterocycles. The van der Waals surface area contributed by atoms with E-state index in [-0.39, 0.29) is 30.1 Å². The number of thioether (sulfide) groups is 1. The first-order chi connectivity index (χ1) is 14.6. The highest BCUT2D eigenvalue weighted by atomic mass is 32.2. The summed E-state index contributed by atoms with van der Waals surface area (Å²) in [5.74, 6) is -0.189. The van der Waals surface area contributed by atoms with Crippen LogP contribution in [-0.4, -0.2) is 42.2 Å². The topological polar surface area (TPSA) is 75.7 Å². The maximum Gasteiger partial charge on any atom is 0.293 e. The van der Waals surface area contributed by atoms with Gasteiger partial charge in [0.25, 0.3) is 17.1 Å². The van der Waals surface area contributed by atoms with Crippen LogP contribution in [0.1, 0.15) is 15.2 Å². The van der Waals surface area contributed by atoms with Crippen LogP contribution in [0.4, 0.5) is 4.79 Å². The quantitative estimate of drug-likeness (QED) is 0.578. The van der Waals surface area contributed by atoms with Crippen LogP contribution in [0.25, 0.3) is 16.8 Å². The lowest BCUT2D eigenvalue weighted by Gasteiger charge is -2.14. The molecule has 0 atom stereocenters. The van der Waals surface area contributed by atoms with Gasteiger partial charge in [0.1, 0.15) is 5.75 Å². The summed E-state index contributed by atoms with van der Waals surface area (Å²) in [7, 11) is 1.52. The summed E-state index contributed by atoms with van der Waals surface area (Å²) in [4.78, 5) is 39.9. The third-order valence-corrected chi connectivity index (χ3v) is 6.35. The fourth-order valence-electron chi connectivity index (χ4n) is 3.14. The third-order valence-electron chi connectivity index (χ3n) is 4.62. The molecule has 1 aliphatic heterocycles. The molecule has 8 heteroatoms. The molecule has 0 radical (unpaired) electrons. The minimum Gasteiger partial charge on any atom is -0.496 e. The lowest BCUT2D eigenvalue weighted by Crippen LogP contribution is -2.37. The molecule has 1 N–H and O–H groups in total. The zero-order valence-corrected chi connectivity index (χ0v) is 17.7. The van der Waals surface area contributed by atoms with Crippen molar-refractivity contribution < 1.29 is 19.1 Å². The predicted octanol–water partition coefficient (Wildman–Crippen LogP) is 4.38. The van der Waals surface area contributed by atoms with Crippen molar-refractivity contribution in [3.8, 4) is 5.75 Å². The van der Waals surface area contributed by atoms with E-state index in [1.165, 1.54) is 18.4 Å². The molecule has 4 rings (SSSR count). The number of methoxy groups -OCH3 is 1. The van der Waals surface area contributed by atoms with Crippen LogP contribution in [-0.2, 0) is 4.79 Å². The number of ether oxygens (including phenoxy) is 1. The van der Waals surface area contributed by atoms with Gasteiger partial charge in [-0.15, -0.1) is 11.3 Å². The number of hydrogen-bond donors (Lipinski definition) is 1. The molecule has 6 nitrogen and oxygen atoms in total. The number of thiophene rings is 1. The molecule has 0 bridgehead atoms. The zero-order chi connectivity index (χ0) is 21.1. The predicted molar refractivity (Wildman–Crippen MR) is 120 cm³/mol. The van der Waals surface area contributed by atoms with Crippen LogP contribution in [0.2, 0.25) is 0 Å². The van der Waals surface area contributed by atoms with Gasteiger partial charge >= 0.3 is 0 Å². The van der Waals surface area contributed by atoms with Gasteiger partial charge in [-0.2, -0.15) is 0 Å². The molecule has 0 spiro atoms. The van der Waals surface area contributed by atoms with E-state index in [2.05, 4.69) is 5.32 Å². The Kier molecular flexibility index (Phi) is 5.87. The highest BCUT2D eigenvalue weighted by molar-refractivity contribution is 8.18. The highest BCUT2D eigenvalue weighted by Gasteiger charge is 2.34. The molecule has 1 saturated heterocycles. The number of imide groups is 1. The Morgan fingerprint density at radius 3 is 2.60 bits per heavy atom. The summed E-state index contributed by atoms with van der Waals surface area (Å²) in [6.45, 7) is 0.257. The smallest absolute Gasteiger partial charge is 0.293 e. The molecular weight excluding hydrogens is 420 g/mol. The Labute approximate surface area is 181 Å². The van der Waals surface area contributed by atoms with Gasteiger partial charge in [-0.25, -0.2) is 0 Å². The number of nitrogens with one attached hydrogen (secondary N) is 1. The lowest BCUT2D eigenvalue weighted by molar-refractivity contribution is -0.122. The summed E-state index contributed by atoms with van der Waals surface area (Å²) in [6, 6.07) is 15.1. The number of nitrogens with zero attached hydrogens (tertiary/aromatic N) is 1. The Bertz CT molecular complexity index is 1160. The van der Waals surface area contributed by atoms with Crippen molar-refractivity contribution in [1.29, 1.82) is 0 Å². The van der Waals surface area contributed by atoms with Crippen molar-refractivity contribution in [3.63, 3.8) is 0 Å². The average Bonchev–Trinajstić information content (AvgIpc) is 3.36. The van der Waals surface area contributed by atoms with Crippen molar-refractivity contribution in [2.75, 3.05) is 20.2 Å². The van der Waals surface area contributed by atoms with Crippen molar-refractivity contribution in [2.24, 2.45) is 0 Å². The van der Waals surface area contributed by atoms with E-state index in [1.807, 2.05) is 47.8 Å². The second kappa shape index (κ2) is 8.73. The van der Waals surface area contributed by atoms with E-state index in [0.717, 1.165) is 32.3 Å². The summed E-state index contributed by atoms with van der Waals surface area (Å²) in [6.07, 6.45) is 1.72. The highest BCUT2D eigenvalue weighted by Crippen LogP contribution is 2.32. The van der Waals surface area contributed by atoms with Gasteiger partial charge in [-0.1, -0.05) is 30.3 Å². The van der Waals surface area contributed by atoms with Crippen molar-refractivity contribution in [2.45, 2.75) is 0 Å². The molecular formula is C22H18N2O4S2. The molecule has 0 aliphatic carbocycles. The zero-order valence-electron chi connectivity index (χ0n) is 16.1. The summed E-state index contributed by atoms with van der Waals surface area (Å²) in [5, 5.41) is 6.25. The second-order valence-electron chi connectivity index (χ2n) is 6.50. The first-order valence-electron chi connectivity index (χ1n) is 9.20. The van der Waals surface area contributed by atoms with Crippen molar-refractivity contribution >= 4 is 57.0 Å². The van der Waals surface area contributed by atoms with Crippen molar-refractivity contribution in [1.82, 2.24) is 10.2 Å². The first-order valence-corrected chi connectivity index (χ1v) is 10.9. The van der Waals surface area contributed by atoms with Gasteiger partial charge in [0.05, 0.1) is 17.6 Å². The molecule has 2 aromatic carbocycles. The van der Waals surface area contributed by atoms with Crippen LogP contribution >= 0.6 is 23.1 Å². The molecule has 3 aromatic rings. The van der Waals surface area contributed by atoms with Gasteiger partial charge in [-0.05, 0) is 52.2 Å². The van der Waals surface area contributed by atoms with E-state index < -0.39 is 0 Å². The molecule has 152 valence electrons. The van der Waals surface area contributed by atoms with Crippen LogP contribution in [0, 0.1) is 0 Å². The minimum atomic E-state index is -0.337. The van der Waals surface area contributed by atoms with E-state index in [4.69, 9.17) is 4.74 Å². The Hall–Kier alpha value is -3.10. The van der Waals surface area contributed by atoms with Crippen LogP contribution < -0.4 is 10.1 Å². The maximum absolute atomic E-state index is 12.7. The van der Waals surface area contributed by atoms with Crippen LogP contribution in [0.3, 0.4) is 0 Å².